The molecule has 0 spiro atoms. The molecule has 0 bridgehead atoms. The summed E-state index contributed by atoms with van der Waals surface area (Å²) in [5.74, 6) is -0.609. The molecule has 0 amide bonds. The van der Waals surface area contributed by atoms with Crippen LogP contribution in [0.2, 0.25) is 19.6 Å². The summed E-state index contributed by atoms with van der Waals surface area (Å²) in [5, 5.41) is 3.06. The fraction of sp³-hybridized carbons (Fsp3) is 0.175. The second kappa shape index (κ2) is 14.0. The zero-order valence-corrected chi connectivity index (χ0v) is 29.9. The van der Waals surface area contributed by atoms with E-state index in [2.05, 4.69) is 52.8 Å². The standard InChI is InChI=1S/C23H15N2O.C17H22NSi.Ir/c1-15-11-12-24-21(13-15)17-7-10-22-19(14-17)18-8-9-20(25-23(18)26-22)16-5-3-2-4-6-16;1-13(2)15-11-16(14-9-7-6-8-10-14)18-12-17(15)19(3,4)5;/h2-6,8-14H,1H3;6-9,11-13H,1-5H3;/q2*-1;/i1D3;13D;. The molecule has 6 heteroatoms. The number of aromatic nitrogens is 3. The topological polar surface area (TPSA) is 51.8 Å². The van der Waals surface area contributed by atoms with Gasteiger partial charge in [-0.1, -0.05) is 92.5 Å². The van der Waals surface area contributed by atoms with Crippen molar-refractivity contribution in [3.63, 3.8) is 0 Å². The molecule has 0 aliphatic heterocycles. The predicted octanol–water partition coefficient (Wildman–Crippen LogP) is 10.0. The van der Waals surface area contributed by atoms with E-state index in [4.69, 9.17) is 9.90 Å². The maximum Gasteiger partial charge on any atom is 0.216 e. The van der Waals surface area contributed by atoms with Gasteiger partial charge in [0.05, 0.1) is 19.4 Å². The molecule has 1 radical (unpaired) electrons. The maximum atomic E-state index is 8.44. The number of aryl methyl sites for hydroxylation is 1. The van der Waals surface area contributed by atoms with E-state index in [9.17, 15) is 0 Å². The van der Waals surface area contributed by atoms with Crippen LogP contribution in [0.3, 0.4) is 0 Å². The van der Waals surface area contributed by atoms with Crippen LogP contribution in [0.4, 0.5) is 0 Å². The zero-order valence-electron chi connectivity index (χ0n) is 30.5. The van der Waals surface area contributed by atoms with E-state index in [1.807, 2.05) is 92.8 Å². The van der Waals surface area contributed by atoms with Crippen LogP contribution in [-0.2, 0) is 20.1 Å². The average molecular weight is 800 g/mol. The molecule has 3 aromatic carbocycles. The summed E-state index contributed by atoms with van der Waals surface area (Å²) in [4.78, 5) is 13.6. The van der Waals surface area contributed by atoms with Crippen LogP contribution >= 0.6 is 0 Å². The number of hydrogen-bond donors (Lipinski definition) is 0. The molecular formula is C40H37IrN3OSi-2. The molecule has 0 atom stereocenters. The Morgan fingerprint density at radius 1 is 0.804 bits per heavy atom. The first-order chi connectivity index (χ1) is 23.2. The molecule has 0 N–H and O–H groups in total. The SMILES string of the molecule is [2H]C(C)(C)c1cc(-c2[c-]cccc2)ncc1[Si](C)(C)C.[2H]C([2H])([2H])c1ccnc(-c2[c-]cc3oc4nc(-c5ccccc5)ccc4c3c2)c1.[Ir]. The van der Waals surface area contributed by atoms with Crippen molar-refractivity contribution in [3.05, 3.63) is 133 Å². The smallest absolute Gasteiger partial charge is 0.216 e. The zero-order chi connectivity index (χ0) is 35.0. The average Bonchev–Trinajstić information content (AvgIpc) is 3.45. The molecule has 0 unspecified atom stereocenters. The third-order valence-electron chi connectivity index (χ3n) is 7.61. The van der Waals surface area contributed by atoms with Crippen molar-refractivity contribution in [2.45, 2.75) is 46.2 Å². The molecule has 4 heterocycles. The molecule has 46 heavy (non-hydrogen) atoms. The number of benzene rings is 3. The molecule has 0 saturated carbocycles. The van der Waals surface area contributed by atoms with Gasteiger partial charge in [-0.05, 0) is 47.5 Å². The van der Waals surface area contributed by atoms with E-state index >= 15 is 0 Å². The van der Waals surface area contributed by atoms with Gasteiger partial charge >= 0.3 is 0 Å². The Bertz CT molecular complexity index is 2240. The van der Waals surface area contributed by atoms with E-state index in [0.717, 1.165) is 38.9 Å². The first-order valence-electron chi connectivity index (χ1n) is 16.9. The quantitative estimate of drug-likeness (QED) is 0.129. The van der Waals surface area contributed by atoms with Crippen molar-refractivity contribution in [3.8, 4) is 33.8 Å². The van der Waals surface area contributed by atoms with Crippen LogP contribution in [0.15, 0.2) is 114 Å². The van der Waals surface area contributed by atoms with Crippen molar-refractivity contribution in [2.24, 2.45) is 0 Å². The van der Waals surface area contributed by atoms with Gasteiger partial charge in [-0.2, -0.15) is 0 Å². The normalized spacial score (nSPS) is 13.1. The van der Waals surface area contributed by atoms with E-state index in [1.165, 1.54) is 17.4 Å². The Kier molecular flexibility index (Phi) is 8.56. The largest absolute Gasteiger partial charge is 0.486 e. The summed E-state index contributed by atoms with van der Waals surface area (Å²) in [5.41, 5.74) is 7.59. The van der Waals surface area contributed by atoms with Crippen molar-refractivity contribution < 1.29 is 30.0 Å². The van der Waals surface area contributed by atoms with Gasteiger partial charge in [-0.3, -0.25) is 0 Å². The molecule has 0 aliphatic rings. The first-order valence-corrected chi connectivity index (χ1v) is 18.4. The number of furan rings is 1. The second-order valence-corrected chi connectivity index (χ2v) is 17.3. The summed E-state index contributed by atoms with van der Waals surface area (Å²) < 4.78 is 37.2. The van der Waals surface area contributed by atoms with Gasteiger partial charge in [0.1, 0.15) is 0 Å². The van der Waals surface area contributed by atoms with Gasteiger partial charge in [0.2, 0.25) is 5.71 Å². The predicted molar refractivity (Wildman–Crippen MR) is 189 cm³/mol. The van der Waals surface area contributed by atoms with Gasteiger partial charge in [0.15, 0.2) is 0 Å². The Labute approximate surface area is 292 Å². The van der Waals surface area contributed by atoms with Crippen molar-refractivity contribution in [2.75, 3.05) is 0 Å². The molecule has 7 aromatic rings. The number of pyridine rings is 3. The van der Waals surface area contributed by atoms with Gasteiger partial charge in [0, 0.05) is 48.9 Å². The van der Waals surface area contributed by atoms with E-state index in [0.29, 0.717) is 22.6 Å². The molecule has 7 rings (SSSR count). The van der Waals surface area contributed by atoms with Crippen LogP contribution in [-0.4, -0.2) is 23.0 Å². The van der Waals surface area contributed by atoms with Crippen LogP contribution in [0.1, 0.15) is 36.4 Å². The van der Waals surface area contributed by atoms with Gasteiger partial charge in [-0.15, -0.1) is 59.7 Å². The molecule has 4 nitrogen and oxygen atoms in total. The summed E-state index contributed by atoms with van der Waals surface area (Å²) in [6.45, 7) is 8.62. The molecule has 0 aliphatic carbocycles. The van der Waals surface area contributed by atoms with E-state index in [-0.39, 0.29) is 25.7 Å². The monoisotopic (exact) mass is 800 g/mol. The van der Waals surface area contributed by atoms with Gasteiger partial charge in [0.25, 0.3) is 0 Å². The molecule has 233 valence electrons. The minimum atomic E-state index is -2.18. The first kappa shape index (κ1) is 28.0. The third kappa shape index (κ3) is 7.26. The van der Waals surface area contributed by atoms with Gasteiger partial charge < -0.3 is 14.4 Å². The molecule has 0 fully saturated rings. The van der Waals surface area contributed by atoms with Crippen LogP contribution in [0.5, 0.6) is 0 Å². The van der Waals surface area contributed by atoms with Gasteiger partial charge in [-0.25, -0.2) is 4.98 Å². The van der Waals surface area contributed by atoms with Crippen molar-refractivity contribution in [1.29, 1.82) is 0 Å². The van der Waals surface area contributed by atoms with E-state index < -0.39 is 20.8 Å². The number of nitrogens with zero attached hydrogens (tertiary/aromatic N) is 3. The van der Waals surface area contributed by atoms with Crippen molar-refractivity contribution in [1.82, 2.24) is 15.0 Å². The Morgan fingerprint density at radius 2 is 1.59 bits per heavy atom. The molecular weight excluding hydrogens is 759 g/mol. The Balaban J connectivity index is 0.000000204. The minimum Gasteiger partial charge on any atom is -0.486 e. The van der Waals surface area contributed by atoms with Crippen molar-refractivity contribution >= 4 is 35.3 Å². The number of rotatable bonds is 5. The van der Waals surface area contributed by atoms with Crippen LogP contribution in [0.25, 0.3) is 55.8 Å². The van der Waals surface area contributed by atoms with Crippen LogP contribution in [0, 0.1) is 19.0 Å². The number of fused-ring (bicyclic) bond motifs is 3. The Morgan fingerprint density at radius 3 is 2.30 bits per heavy atom. The molecule has 4 aromatic heterocycles. The number of hydrogen-bond acceptors (Lipinski definition) is 4. The summed E-state index contributed by atoms with van der Waals surface area (Å²) in [6.07, 6.45) is 3.49. The summed E-state index contributed by atoms with van der Waals surface area (Å²) >= 11 is 0. The summed E-state index contributed by atoms with van der Waals surface area (Å²) in [6, 6.07) is 36.9. The maximum absolute atomic E-state index is 8.44. The summed E-state index contributed by atoms with van der Waals surface area (Å²) in [7, 11) is -1.50. The fourth-order valence-electron chi connectivity index (χ4n) is 5.26. The van der Waals surface area contributed by atoms with E-state index in [1.54, 1.807) is 12.1 Å². The third-order valence-corrected chi connectivity index (χ3v) is 9.63. The second-order valence-electron chi connectivity index (χ2n) is 12.2. The molecule has 0 saturated heterocycles. The van der Waals surface area contributed by atoms with Crippen LogP contribution < -0.4 is 5.19 Å². The fourth-order valence-corrected chi connectivity index (χ4v) is 6.84. The Hall–Kier alpha value is -4.22. The minimum absolute atomic E-state index is 0.